The molecule has 5 aliphatic heterocycles. The number of amides is 4. The maximum atomic E-state index is 13.8. The molecule has 1 aromatic heterocycles. The van der Waals surface area contributed by atoms with Gasteiger partial charge in [-0.05, 0) is 98.6 Å². The van der Waals surface area contributed by atoms with Gasteiger partial charge in [-0.3, -0.25) is 34.3 Å². The number of piperidine rings is 2. The van der Waals surface area contributed by atoms with E-state index in [0.717, 1.165) is 87.7 Å². The summed E-state index contributed by atoms with van der Waals surface area (Å²) in [6, 6.07) is 17.0. The van der Waals surface area contributed by atoms with Gasteiger partial charge in [-0.1, -0.05) is 6.07 Å². The van der Waals surface area contributed by atoms with Crippen molar-refractivity contribution >= 4 is 63.7 Å². The second kappa shape index (κ2) is 14.2. The topological polar surface area (TPSA) is 157 Å². The third-order valence-electron chi connectivity index (χ3n) is 12.7. The van der Waals surface area contributed by atoms with Crippen molar-refractivity contribution < 1.29 is 24.3 Å². The number of nitriles is 1. The van der Waals surface area contributed by atoms with Crippen molar-refractivity contribution in [1.29, 1.82) is 5.26 Å². The number of pyridine rings is 1. The van der Waals surface area contributed by atoms with Gasteiger partial charge in [0.05, 0.1) is 11.9 Å². The molecule has 14 nitrogen and oxygen atoms in total. The van der Waals surface area contributed by atoms with Gasteiger partial charge < -0.3 is 24.7 Å². The van der Waals surface area contributed by atoms with E-state index in [9.17, 15) is 29.5 Å². The molecule has 6 heterocycles. The number of hydrogen-bond donors (Lipinski definition) is 2. The molecule has 4 amide bonds. The molecule has 5 fully saturated rings. The zero-order chi connectivity index (χ0) is 38.7. The van der Waals surface area contributed by atoms with Crippen LogP contribution in [0.25, 0.3) is 0 Å². The van der Waals surface area contributed by atoms with Crippen molar-refractivity contribution in [2.45, 2.75) is 63.1 Å². The van der Waals surface area contributed by atoms with E-state index in [1.807, 2.05) is 35.2 Å². The highest BCUT2D eigenvalue weighted by atomic mass is 32.1. The Morgan fingerprint density at radius 2 is 1.57 bits per heavy atom. The monoisotopic (exact) mass is 773 g/mol. The molecule has 3 aromatic rings. The van der Waals surface area contributed by atoms with E-state index in [1.165, 1.54) is 17.2 Å². The second-order valence-corrected chi connectivity index (χ2v) is 16.2. The number of carbonyl (C=O) groups is 4. The Hall–Kier alpha value is -5.59. The molecular weight excluding hydrogens is 731 g/mol. The van der Waals surface area contributed by atoms with Crippen molar-refractivity contribution in [3.8, 4) is 11.8 Å². The number of benzene rings is 2. The average Bonchev–Trinajstić information content (AvgIpc) is 3.64. The lowest BCUT2D eigenvalue weighted by molar-refractivity contribution is -0.137. The fourth-order valence-electron chi connectivity index (χ4n) is 9.34. The first-order valence-electron chi connectivity index (χ1n) is 19.5. The third kappa shape index (κ3) is 6.11. The molecule has 4 saturated heterocycles. The van der Waals surface area contributed by atoms with E-state index in [2.05, 4.69) is 43.2 Å². The van der Waals surface area contributed by atoms with Crippen LogP contribution in [-0.2, 0) is 20.9 Å². The van der Waals surface area contributed by atoms with Crippen LogP contribution in [-0.4, -0.2) is 106 Å². The van der Waals surface area contributed by atoms with Crippen molar-refractivity contribution in [2.75, 3.05) is 65.4 Å². The number of hydrogen-bond acceptors (Lipinski definition) is 11. The number of piperazine rings is 1. The molecule has 1 spiro atoms. The molecule has 1 unspecified atom stereocenters. The lowest BCUT2D eigenvalue weighted by Gasteiger charge is -2.43. The van der Waals surface area contributed by atoms with E-state index in [1.54, 1.807) is 4.90 Å². The lowest BCUT2D eigenvalue weighted by Crippen LogP contribution is -2.55. The summed E-state index contributed by atoms with van der Waals surface area (Å²) >= 11 is 5.88. The van der Waals surface area contributed by atoms with Crippen LogP contribution >= 0.6 is 12.2 Å². The predicted octanol–water partition coefficient (Wildman–Crippen LogP) is 3.52. The Morgan fingerprint density at radius 1 is 0.875 bits per heavy atom. The number of imide groups is 1. The highest BCUT2D eigenvalue weighted by Gasteiger charge is 2.59. The van der Waals surface area contributed by atoms with Crippen molar-refractivity contribution in [1.82, 2.24) is 20.1 Å². The molecule has 9 rings (SSSR count). The summed E-state index contributed by atoms with van der Waals surface area (Å²) in [6.07, 6.45) is 6.51. The van der Waals surface area contributed by atoms with Gasteiger partial charge in [0, 0.05) is 87.5 Å². The van der Waals surface area contributed by atoms with Crippen molar-refractivity contribution in [3.63, 3.8) is 0 Å². The maximum absolute atomic E-state index is 13.8. The highest BCUT2D eigenvalue weighted by molar-refractivity contribution is 7.81. The number of thiocarbonyl (C=S) groups is 1. The summed E-state index contributed by atoms with van der Waals surface area (Å²) in [7, 11) is 0. The predicted molar refractivity (Wildman–Crippen MR) is 212 cm³/mol. The SMILES string of the molecule is N#Cc1ncc(N2C(=O)C3(CCC3)N(c3ccc(N4CCC(CN5CCN(c6ccc7c(c6)C(=O)N(C6CCC(=O)NC6=O)C7)CC5)CC4)cc3)C2=S)cc1O. The summed E-state index contributed by atoms with van der Waals surface area (Å²) in [6.45, 7) is 7.07. The number of nitrogens with zero attached hydrogens (tertiary/aromatic N) is 8. The van der Waals surface area contributed by atoms with Gasteiger partial charge in [0.15, 0.2) is 16.6 Å². The van der Waals surface area contributed by atoms with Gasteiger partial charge >= 0.3 is 0 Å². The van der Waals surface area contributed by atoms with Crippen LogP contribution in [0.15, 0.2) is 54.7 Å². The fraction of sp³-hybridized carbons (Fsp3) is 0.439. The minimum absolute atomic E-state index is 0.101. The summed E-state index contributed by atoms with van der Waals surface area (Å²) in [4.78, 5) is 67.6. The minimum Gasteiger partial charge on any atom is -0.505 e. The van der Waals surface area contributed by atoms with Gasteiger partial charge in [0.1, 0.15) is 17.6 Å². The van der Waals surface area contributed by atoms with Gasteiger partial charge in [-0.2, -0.15) is 5.26 Å². The van der Waals surface area contributed by atoms with E-state index in [-0.39, 0.29) is 41.5 Å². The Balaban J connectivity index is 0.773. The van der Waals surface area contributed by atoms with Gasteiger partial charge in [-0.25, -0.2) is 4.98 Å². The molecule has 2 N–H and O–H groups in total. The second-order valence-electron chi connectivity index (χ2n) is 15.8. The first-order valence-corrected chi connectivity index (χ1v) is 19.9. The Kier molecular flexibility index (Phi) is 9.13. The zero-order valence-corrected chi connectivity index (χ0v) is 31.8. The van der Waals surface area contributed by atoms with E-state index >= 15 is 0 Å². The Morgan fingerprint density at radius 3 is 2.23 bits per heavy atom. The number of aromatic nitrogens is 1. The quantitative estimate of drug-likeness (QED) is 0.267. The Labute approximate surface area is 330 Å². The fourth-order valence-corrected chi connectivity index (χ4v) is 9.81. The minimum atomic E-state index is -0.757. The number of fused-ring (bicyclic) bond motifs is 1. The molecule has 15 heteroatoms. The zero-order valence-electron chi connectivity index (χ0n) is 31.0. The van der Waals surface area contributed by atoms with Crippen LogP contribution in [0.3, 0.4) is 0 Å². The van der Waals surface area contributed by atoms with E-state index < -0.39 is 11.6 Å². The van der Waals surface area contributed by atoms with Crippen LogP contribution in [0.4, 0.5) is 22.7 Å². The summed E-state index contributed by atoms with van der Waals surface area (Å²) in [5.41, 5.74) is 4.10. The van der Waals surface area contributed by atoms with Crippen LogP contribution in [0, 0.1) is 17.2 Å². The van der Waals surface area contributed by atoms with Gasteiger partial charge in [-0.15, -0.1) is 0 Å². The number of rotatable bonds is 7. The van der Waals surface area contributed by atoms with Gasteiger partial charge in [0.2, 0.25) is 11.8 Å². The molecule has 0 bridgehead atoms. The number of anilines is 4. The number of carbonyl (C=O) groups excluding carboxylic acids is 4. The van der Waals surface area contributed by atoms with Crippen LogP contribution in [0.5, 0.6) is 5.75 Å². The molecule has 56 heavy (non-hydrogen) atoms. The van der Waals surface area contributed by atoms with Crippen LogP contribution in [0.2, 0.25) is 0 Å². The highest BCUT2D eigenvalue weighted by Crippen LogP contribution is 2.48. The molecule has 6 aliphatic rings. The van der Waals surface area contributed by atoms with Gasteiger partial charge in [0.25, 0.3) is 11.8 Å². The number of nitrogens with one attached hydrogen (secondary N) is 1. The normalized spacial score (nSPS) is 22.8. The standard InChI is InChI=1S/C41H43N9O5S/c42-22-33-35(51)21-31(23-43-33)49-39(55)41(12-1-13-41)50(40(49)56)29-6-4-28(5-7-29)46-14-10-26(11-15-46)24-45-16-18-47(19-17-45)30-3-2-27-25-48(38(54)32(27)20-30)34-8-9-36(52)44-37(34)53/h2-7,20-21,23,26,34,51H,1,8-19,24-25H2,(H,44,52,53). The smallest absolute Gasteiger partial charge is 0.259 e. The molecule has 1 saturated carbocycles. The average molecular weight is 774 g/mol. The number of aromatic hydroxyl groups is 1. The molecule has 2 aromatic carbocycles. The summed E-state index contributed by atoms with van der Waals surface area (Å²) in [5, 5.41) is 22.2. The largest absolute Gasteiger partial charge is 0.505 e. The van der Waals surface area contributed by atoms with Crippen molar-refractivity contribution in [2.24, 2.45) is 5.92 Å². The molecular formula is C41H43N9O5S. The van der Waals surface area contributed by atoms with Crippen molar-refractivity contribution in [3.05, 3.63) is 71.5 Å². The van der Waals surface area contributed by atoms with Crippen LogP contribution < -0.4 is 24.9 Å². The molecule has 1 aliphatic carbocycles. The summed E-state index contributed by atoms with van der Waals surface area (Å²) in [5.74, 6) is -0.616. The first kappa shape index (κ1) is 36.1. The van der Waals surface area contributed by atoms with E-state index in [4.69, 9.17) is 12.2 Å². The maximum Gasteiger partial charge on any atom is 0.259 e. The third-order valence-corrected chi connectivity index (χ3v) is 13.0. The molecule has 288 valence electrons. The van der Waals surface area contributed by atoms with Crippen LogP contribution in [0.1, 0.15) is 66.6 Å². The molecule has 1 atom stereocenters. The van der Waals surface area contributed by atoms with E-state index in [0.29, 0.717) is 48.1 Å². The summed E-state index contributed by atoms with van der Waals surface area (Å²) < 4.78 is 0. The first-order chi connectivity index (χ1) is 27.1. The molecule has 0 radical (unpaired) electrons. The lowest BCUT2D eigenvalue weighted by atomic mass is 9.75. The Bertz CT molecular complexity index is 2170.